The Bertz CT molecular complexity index is 1030. The highest BCUT2D eigenvalue weighted by Gasteiger charge is 2.21. The molecule has 1 unspecified atom stereocenters. The number of hydrogen-bond acceptors (Lipinski definition) is 8. The number of aromatic nitrogens is 4. The number of carbonyl (C=O) groups is 1. The van der Waals surface area contributed by atoms with Crippen molar-refractivity contribution in [2.75, 3.05) is 30.9 Å². The average molecular weight is 404 g/mol. The second-order valence-electron chi connectivity index (χ2n) is 6.17. The topological polar surface area (TPSA) is 129 Å². The lowest BCUT2D eigenvalue weighted by Crippen LogP contribution is -2.17. The van der Waals surface area contributed by atoms with Gasteiger partial charge in [-0.25, -0.2) is 9.97 Å². The average Bonchev–Trinajstić information content (AvgIpc) is 3.33. The Labute approximate surface area is 165 Å². The largest absolute Gasteiger partial charge is 0.470 e. The van der Waals surface area contributed by atoms with E-state index in [0.29, 0.717) is 47.1 Å². The molecule has 0 aliphatic carbocycles. The maximum absolute atomic E-state index is 11.7. The van der Waals surface area contributed by atoms with Gasteiger partial charge in [0, 0.05) is 25.7 Å². The number of carbonyl (C=O) groups excluding carboxylic acids is 1. The predicted molar refractivity (Wildman–Crippen MR) is 103 cm³/mol. The van der Waals surface area contributed by atoms with Crippen molar-refractivity contribution in [2.24, 2.45) is 5.73 Å². The van der Waals surface area contributed by atoms with Gasteiger partial charge in [-0.15, -0.1) is 0 Å². The van der Waals surface area contributed by atoms with Crippen LogP contribution in [0.4, 0.5) is 17.3 Å². The molecule has 11 heteroatoms. The van der Waals surface area contributed by atoms with Crippen LogP contribution < -0.4 is 21.1 Å². The van der Waals surface area contributed by atoms with Gasteiger partial charge in [0.1, 0.15) is 29.0 Å². The predicted octanol–water partition coefficient (Wildman–Crippen LogP) is 1.83. The van der Waals surface area contributed by atoms with E-state index in [1.54, 1.807) is 19.2 Å². The van der Waals surface area contributed by atoms with Crippen LogP contribution in [-0.4, -0.2) is 51.9 Å². The van der Waals surface area contributed by atoms with E-state index in [4.69, 9.17) is 26.8 Å². The van der Waals surface area contributed by atoms with E-state index >= 15 is 0 Å². The molecule has 10 nitrogen and oxygen atoms in total. The first kappa shape index (κ1) is 18.3. The van der Waals surface area contributed by atoms with Gasteiger partial charge in [-0.3, -0.25) is 4.79 Å². The molecule has 0 bridgehead atoms. The molecule has 1 fully saturated rings. The second-order valence-corrected chi connectivity index (χ2v) is 6.61. The standard InChI is InChI=1S/C17H18ClN7O3/c1-20-14-5-13(24-16-11(15(19)26)7-22-25(14)16)23-12-4-9(18)6-21-17(12)28-10-2-3-27-8-10/h4-7,10,20H,2-3,8H2,1H3,(H2,19,26)(H,23,24). The fourth-order valence-corrected chi connectivity index (χ4v) is 3.05. The monoisotopic (exact) mass is 403 g/mol. The Balaban J connectivity index is 1.72. The van der Waals surface area contributed by atoms with Crippen LogP contribution >= 0.6 is 11.6 Å². The number of amides is 1. The van der Waals surface area contributed by atoms with E-state index < -0.39 is 5.91 Å². The zero-order valence-corrected chi connectivity index (χ0v) is 15.7. The van der Waals surface area contributed by atoms with Crippen LogP contribution in [0.2, 0.25) is 5.02 Å². The molecule has 0 saturated carbocycles. The van der Waals surface area contributed by atoms with Crippen molar-refractivity contribution < 1.29 is 14.3 Å². The third-order valence-electron chi connectivity index (χ3n) is 4.24. The summed E-state index contributed by atoms with van der Waals surface area (Å²) in [7, 11) is 1.74. The third-order valence-corrected chi connectivity index (χ3v) is 4.45. The molecule has 1 atom stereocenters. The summed E-state index contributed by atoms with van der Waals surface area (Å²) in [6.45, 7) is 1.16. The molecule has 28 heavy (non-hydrogen) atoms. The molecule has 1 saturated heterocycles. The van der Waals surface area contributed by atoms with Crippen molar-refractivity contribution >= 4 is 40.5 Å². The van der Waals surface area contributed by atoms with E-state index in [0.717, 1.165) is 6.42 Å². The molecule has 0 spiro atoms. The minimum absolute atomic E-state index is 0.0752. The van der Waals surface area contributed by atoms with E-state index in [9.17, 15) is 4.79 Å². The van der Waals surface area contributed by atoms with Crippen molar-refractivity contribution in [1.29, 1.82) is 0 Å². The fourth-order valence-electron chi connectivity index (χ4n) is 2.89. The summed E-state index contributed by atoms with van der Waals surface area (Å²) in [6.07, 6.45) is 3.60. The minimum atomic E-state index is -0.614. The molecule has 0 radical (unpaired) electrons. The number of nitrogens with two attached hydrogens (primary N) is 1. The Morgan fingerprint density at radius 3 is 3.00 bits per heavy atom. The van der Waals surface area contributed by atoms with Crippen LogP contribution in [-0.2, 0) is 4.74 Å². The zero-order chi connectivity index (χ0) is 19.7. The molecule has 4 N–H and O–H groups in total. The van der Waals surface area contributed by atoms with Gasteiger partial charge in [0.15, 0.2) is 5.65 Å². The number of pyridine rings is 1. The second kappa shape index (κ2) is 7.49. The number of anilines is 3. The van der Waals surface area contributed by atoms with Gasteiger partial charge in [0.2, 0.25) is 5.88 Å². The number of halogens is 1. The number of primary amides is 1. The van der Waals surface area contributed by atoms with Gasteiger partial charge in [0.05, 0.1) is 24.4 Å². The number of fused-ring (bicyclic) bond motifs is 1. The molecule has 3 aromatic rings. The highest BCUT2D eigenvalue weighted by Crippen LogP contribution is 2.30. The highest BCUT2D eigenvalue weighted by molar-refractivity contribution is 6.30. The smallest absolute Gasteiger partial charge is 0.254 e. The van der Waals surface area contributed by atoms with Gasteiger partial charge in [-0.2, -0.15) is 9.61 Å². The van der Waals surface area contributed by atoms with Gasteiger partial charge in [-0.05, 0) is 6.07 Å². The van der Waals surface area contributed by atoms with Gasteiger partial charge >= 0.3 is 0 Å². The van der Waals surface area contributed by atoms with Crippen molar-refractivity contribution in [3.05, 3.63) is 35.1 Å². The maximum Gasteiger partial charge on any atom is 0.254 e. The number of hydrogen-bond donors (Lipinski definition) is 3. The number of rotatable bonds is 6. The Morgan fingerprint density at radius 1 is 1.43 bits per heavy atom. The summed E-state index contributed by atoms with van der Waals surface area (Å²) < 4.78 is 12.8. The summed E-state index contributed by atoms with van der Waals surface area (Å²) in [6, 6.07) is 3.42. The summed E-state index contributed by atoms with van der Waals surface area (Å²) in [5, 5.41) is 10.8. The van der Waals surface area contributed by atoms with Crippen molar-refractivity contribution in [3.8, 4) is 5.88 Å². The van der Waals surface area contributed by atoms with Gasteiger partial charge in [0.25, 0.3) is 5.91 Å². The summed E-state index contributed by atoms with van der Waals surface area (Å²) in [4.78, 5) is 20.4. The first-order chi connectivity index (χ1) is 13.5. The highest BCUT2D eigenvalue weighted by atomic mass is 35.5. The first-order valence-corrected chi connectivity index (χ1v) is 8.96. The fraction of sp³-hybridized carbons (Fsp3) is 0.294. The molecular weight excluding hydrogens is 386 g/mol. The normalized spacial score (nSPS) is 16.3. The molecule has 1 aliphatic heterocycles. The molecule has 1 aliphatic rings. The lowest BCUT2D eigenvalue weighted by Gasteiger charge is -2.16. The van der Waals surface area contributed by atoms with E-state index in [1.165, 1.54) is 16.9 Å². The molecule has 0 aromatic carbocycles. The summed E-state index contributed by atoms with van der Waals surface area (Å²) in [5.41, 5.74) is 6.50. The van der Waals surface area contributed by atoms with Crippen LogP contribution in [0.25, 0.3) is 5.65 Å². The van der Waals surface area contributed by atoms with E-state index in [1.807, 2.05) is 0 Å². The van der Waals surface area contributed by atoms with Crippen LogP contribution in [0.15, 0.2) is 24.5 Å². The number of nitrogens with zero attached hydrogens (tertiary/aromatic N) is 4. The van der Waals surface area contributed by atoms with Crippen LogP contribution in [0, 0.1) is 0 Å². The van der Waals surface area contributed by atoms with Crippen molar-refractivity contribution in [3.63, 3.8) is 0 Å². The lowest BCUT2D eigenvalue weighted by atomic mass is 10.3. The quantitative estimate of drug-likeness (QED) is 0.568. The lowest BCUT2D eigenvalue weighted by molar-refractivity contribution is 0.100. The van der Waals surface area contributed by atoms with E-state index in [2.05, 4.69) is 25.7 Å². The van der Waals surface area contributed by atoms with Gasteiger partial charge < -0.3 is 25.8 Å². The molecular formula is C17H18ClN7O3. The zero-order valence-electron chi connectivity index (χ0n) is 15.0. The third kappa shape index (κ3) is 3.51. The first-order valence-electron chi connectivity index (χ1n) is 8.58. The van der Waals surface area contributed by atoms with E-state index in [-0.39, 0.29) is 11.7 Å². The van der Waals surface area contributed by atoms with Crippen LogP contribution in [0.1, 0.15) is 16.8 Å². The molecule has 4 rings (SSSR count). The Kier molecular flexibility index (Phi) is 4.88. The van der Waals surface area contributed by atoms with Crippen molar-refractivity contribution in [2.45, 2.75) is 12.5 Å². The molecule has 1 amide bonds. The van der Waals surface area contributed by atoms with Crippen molar-refractivity contribution in [1.82, 2.24) is 19.6 Å². The van der Waals surface area contributed by atoms with Crippen LogP contribution in [0.5, 0.6) is 5.88 Å². The number of nitrogens with one attached hydrogen (secondary N) is 2. The minimum Gasteiger partial charge on any atom is -0.470 e. The van der Waals surface area contributed by atoms with Gasteiger partial charge in [-0.1, -0.05) is 11.6 Å². The SMILES string of the molecule is CNc1cc(Nc2cc(Cl)cnc2OC2CCOC2)nc2c(C(N)=O)cnn12. The molecule has 146 valence electrons. The number of ether oxygens (including phenoxy) is 2. The Morgan fingerprint density at radius 2 is 2.29 bits per heavy atom. The summed E-state index contributed by atoms with van der Waals surface area (Å²) >= 11 is 6.11. The van der Waals surface area contributed by atoms with Crippen LogP contribution in [0.3, 0.4) is 0 Å². The molecule has 3 aromatic heterocycles. The molecule has 4 heterocycles. The Hall–Kier alpha value is -3.11. The summed E-state index contributed by atoms with van der Waals surface area (Å²) in [5.74, 6) is 0.825. The maximum atomic E-state index is 11.7.